The molecular weight excluding hydrogens is 717 g/mol. The summed E-state index contributed by atoms with van der Waals surface area (Å²) in [5.74, 6) is 0.930. The van der Waals surface area contributed by atoms with Crippen LogP contribution in [0.5, 0.6) is 0 Å². The maximum Gasteiger partial charge on any atom is 0.407 e. The predicted octanol–water partition coefficient (Wildman–Crippen LogP) is 6.55. The van der Waals surface area contributed by atoms with Gasteiger partial charge >= 0.3 is 12.2 Å². The summed E-state index contributed by atoms with van der Waals surface area (Å²) in [7, 11) is 2.57. The zero-order valence-corrected chi connectivity index (χ0v) is 31.5. The molecule has 16 heteroatoms. The lowest BCUT2D eigenvalue weighted by atomic mass is 10.0. The molecule has 0 aliphatic carbocycles. The van der Waals surface area contributed by atoms with Crippen molar-refractivity contribution in [1.29, 1.82) is 0 Å². The quantitative estimate of drug-likeness (QED) is 0.124. The van der Waals surface area contributed by atoms with E-state index < -0.39 is 24.3 Å². The lowest BCUT2D eigenvalue weighted by Gasteiger charge is -2.30. The minimum atomic E-state index is -0.888. The minimum Gasteiger partial charge on any atom is -0.453 e. The van der Waals surface area contributed by atoms with Crippen LogP contribution >= 0.6 is 22.7 Å². The fourth-order valence-electron chi connectivity index (χ4n) is 7.26. The zero-order valence-electron chi connectivity index (χ0n) is 29.9. The average Bonchev–Trinajstić information content (AvgIpc) is 4.01. The van der Waals surface area contributed by atoms with Crippen molar-refractivity contribution in [2.24, 2.45) is 5.92 Å². The number of nitrogens with zero attached hydrogens (tertiary/aromatic N) is 4. The van der Waals surface area contributed by atoms with Crippen LogP contribution in [0.4, 0.5) is 9.59 Å². The van der Waals surface area contributed by atoms with Gasteiger partial charge in [-0.25, -0.2) is 19.6 Å². The molecule has 0 radical (unpaired) electrons. The van der Waals surface area contributed by atoms with E-state index in [2.05, 4.69) is 31.4 Å². The van der Waals surface area contributed by atoms with Gasteiger partial charge in [-0.1, -0.05) is 44.2 Å². The largest absolute Gasteiger partial charge is 0.453 e. The summed E-state index contributed by atoms with van der Waals surface area (Å²) >= 11 is 3.27. The Morgan fingerprint density at radius 3 is 1.79 bits per heavy atom. The Hall–Kier alpha value is -5.22. The van der Waals surface area contributed by atoms with Crippen LogP contribution in [-0.2, 0) is 19.1 Å². The summed E-state index contributed by atoms with van der Waals surface area (Å²) in [5, 5.41) is 9.64. The predicted molar refractivity (Wildman–Crippen MR) is 201 cm³/mol. The Labute approximate surface area is 314 Å². The molecule has 0 spiro atoms. The number of rotatable bonds is 10. The van der Waals surface area contributed by atoms with Gasteiger partial charge in [0.15, 0.2) is 0 Å². The molecule has 4 atom stereocenters. The summed E-state index contributed by atoms with van der Waals surface area (Å²) in [6, 6.07) is 7.07. The fraction of sp³-hybridized carbons (Fsp3) is 0.405. The number of carbonyl (C=O) groups is 4. The highest BCUT2D eigenvalue weighted by Gasteiger charge is 2.39. The van der Waals surface area contributed by atoms with Crippen molar-refractivity contribution >= 4 is 56.1 Å². The van der Waals surface area contributed by atoms with E-state index >= 15 is 0 Å². The molecule has 2 saturated heterocycles. The average molecular weight is 759 g/mol. The van der Waals surface area contributed by atoms with Gasteiger partial charge < -0.3 is 39.9 Å². The first-order chi connectivity index (χ1) is 25.7. The number of alkyl carbamates (subject to hydrolysis) is 2. The second-order valence-corrected chi connectivity index (χ2v) is 15.3. The summed E-state index contributed by atoms with van der Waals surface area (Å²) < 4.78 is 11.8. The molecule has 4 unspecified atom stereocenters. The summed E-state index contributed by atoms with van der Waals surface area (Å²) in [4.78, 5) is 71.8. The SMILES string of the molecule is COC(=O)NC(C(=O)N1CCCC1c1ncc(-c2csc3c(-c4cnc(C5CCCN5C(=O)C(NC(=O)OC)C(C)C)[nH]4)csc23)[nH]1)c1ccccc1. The van der Waals surface area contributed by atoms with E-state index in [1.807, 2.05) is 61.5 Å². The number of aromatic amines is 2. The third-order valence-corrected chi connectivity index (χ3v) is 12.1. The molecule has 4 N–H and O–H groups in total. The highest BCUT2D eigenvalue weighted by Crippen LogP contribution is 2.44. The molecule has 2 aliphatic rings. The highest BCUT2D eigenvalue weighted by atomic mass is 32.1. The Bertz CT molecular complexity index is 2100. The number of hydrogen-bond donors (Lipinski definition) is 4. The third-order valence-electron chi connectivity index (χ3n) is 9.98. The van der Waals surface area contributed by atoms with Crippen molar-refractivity contribution in [2.75, 3.05) is 27.3 Å². The lowest BCUT2D eigenvalue weighted by Crippen LogP contribution is -2.51. The number of thiophene rings is 2. The Morgan fingerprint density at radius 1 is 0.774 bits per heavy atom. The van der Waals surface area contributed by atoms with Gasteiger partial charge in [0.25, 0.3) is 5.91 Å². The van der Waals surface area contributed by atoms with E-state index in [1.54, 1.807) is 27.6 Å². The number of nitrogens with one attached hydrogen (secondary N) is 4. The summed E-state index contributed by atoms with van der Waals surface area (Å²) in [6.07, 6.45) is 5.49. The van der Waals surface area contributed by atoms with Gasteiger partial charge in [-0.3, -0.25) is 9.59 Å². The molecule has 278 valence electrons. The Kier molecular flexibility index (Phi) is 10.5. The van der Waals surface area contributed by atoms with Crippen LogP contribution in [0.1, 0.15) is 74.9 Å². The number of methoxy groups -OCH3 is 2. The number of benzene rings is 1. The van der Waals surface area contributed by atoms with E-state index in [4.69, 9.17) is 19.4 Å². The molecule has 2 fully saturated rings. The lowest BCUT2D eigenvalue weighted by molar-refractivity contribution is -0.135. The third kappa shape index (κ3) is 7.12. The molecule has 53 heavy (non-hydrogen) atoms. The normalized spacial score (nSPS) is 18.4. The van der Waals surface area contributed by atoms with Gasteiger partial charge in [-0.15, -0.1) is 22.7 Å². The van der Waals surface area contributed by atoms with Crippen LogP contribution in [0, 0.1) is 5.92 Å². The number of fused-ring (bicyclic) bond motifs is 1. The molecule has 6 heterocycles. The van der Waals surface area contributed by atoms with Crippen molar-refractivity contribution in [2.45, 2.75) is 63.7 Å². The molecule has 1 aromatic carbocycles. The number of ether oxygens (including phenoxy) is 2. The van der Waals surface area contributed by atoms with Crippen molar-refractivity contribution in [3.63, 3.8) is 0 Å². The van der Waals surface area contributed by atoms with Crippen LogP contribution in [0.2, 0.25) is 0 Å². The monoisotopic (exact) mass is 758 g/mol. The van der Waals surface area contributed by atoms with Crippen LogP contribution in [0.25, 0.3) is 31.9 Å². The fourth-order valence-corrected chi connectivity index (χ4v) is 9.69. The van der Waals surface area contributed by atoms with Gasteiger partial charge in [-0.05, 0) is 37.2 Å². The van der Waals surface area contributed by atoms with Crippen LogP contribution in [0.15, 0.2) is 53.5 Å². The molecule has 4 aromatic heterocycles. The summed E-state index contributed by atoms with van der Waals surface area (Å²) in [6.45, 7) is 4.92. The first-order valence-corrected chi connectivity index (χ1v) is 19.4. The molecule has 0 bridgehead atoms. The van der Waals surface area contributed by atoms with Crippen LogP contribution in [0.3, 0.4) is 0 Å². The van der Waals surface area contributed by atoms with E-state index in [0.29, 0.717) is 30.3 Å². The number of aromatic nitrogens is 4. The number of hydrogen-bond acceptors (Lipinski definition) is 10. The number of H-pyrrole nitrogens is 2. The maximum absolute atomic E-state index is 13.9. The molecule has 0 saturated carbocycles. The van der Waals surface area contributed by atoms with Gasteiger partial charge in [0, 0.05) is 35.0 Å². The minimum absolute atomic E-state index is 0.116. The number of amides is 4. The number of likely N-dealkylation sites (tertiary alicyclic amines) is 2. The second-order valence-electron chi connectivity index (χ2n) is 13.5. The maximum atomic E-state index is 13.9. The first kappa shape index (κ1) is 36.2. The van der Waals surface area contributed by atoms with E-state index in [9.17, 15) is 19.2 Å². The van der Waals surface area contributed by atoms with E-state index in [0.717, 1.165) is 57.6 Å². The second kappa shape index (κ2) is 15.4. The summed E-state index contributed by atoms with van der Waals surface area (Å²) in [5.41, 5.74) is 4.45. The van der Waals surface area contributed by atoms with Crippen LogP contribution < -0.4 is 10.6 Å². The van der Waals surface area contributed by atoms with Gasteiger partial charge in [-0.2, -0.15) is 0 Å². The highest BCUT2D eigenvalue weighted by molar-refractivity contribution is 7.27. The molecule has 4 amide bonds. The van der Waals surface area contributed by atoms with Gasteiger partial charge in [0.2, 0.25) is 5.91 Å². The topological polar surface area (TPSA) is 175 Å². The Balaban J connectivity index is 1.09. The van der Waals surface area contributed by atoms with E-state index in [1.165, 1.54) is 14.2 Å². The molecule has 2 aliphatic heterocycles. The van der Waals surface area contributed by atoms with Gasteiger partial charge in [0.05, 0.1) is 59.5 Å². The molecular formula is C37H42N8O6S2. The van der Waals surface area contributed by atoms with Crippen molar-refractivity contribution in [1.82, 2.24) is 40.4 Å². The molecule has 14 nitrogen and oxygen atoms in total. The van der Waals surface area contributed by atoms with Crippen molar-refractivity contribution in [3.05, 3.63) is 70.7 Å². The Morgan fingerprint density at radius 2 is 1.28 bits per heavy atom. The standard InChI is InChI=1S/C37H42N8O6S2/c1-20(2)28(42-36(48)50-3)34(46)44-14-8-12-26(44)32-38-16-24(40-32)22-18-52-31-23(19-53-30(22)31)25-17-39-33(41-25)27-13-9-15-45(27)35(47)29(43-37(49)51-4)21-10-6-5-7-11-21/h5-7,10-11,16-20,26-29H,8-9,12-15H2,1-4H3,(H,38,40)(H,39,41)(H,42,48)(H,43,49). The number of carbonyl (C=O) groups excluding carboxylic acids is 4. The smallest absolute Gasteiger partial charge is 0.407 e. The number of imidazole rings is 2. The molecule has 7 rings (SSSR count). The van der Waals surface area contributed by atoms with Crippen LogP contribution in [-0.4, -0.2) is 87.1 Å². The van der Waals surface area contributed by atoms with Gasteiger partial charge in [0.1, 0.15) is 23.7 Å². The van der Waals surface area contributed by atoms with Crippen molar-refractivity contribution in [3.8, 4) is 22.5 Å². The first-order valence-electron chi connectivity index (χ1n) is 17.6. The van der Waals surface area contributed by atoms with E-state index in [-0.39, 0.29) is 29.8 Å². The zero-order chi connectivity index (χ0) is 37.2. The molecule has 5 aromatic rings. The van der Waals surface area contributed by atoms with Crippen molar-refractivity contribution < 1.29 is 28.7 Å².